The smallest absolute Gasteiger partial charge is 0.462 e. The van der Waals surface area contributed by atoms with Crippen LogP contribution in [0, 0.1) is 0 Å². The average molecular weight is 828 g/mol. The summed E-state index contributed by atoms with van der Waals surface area (Å²) in [7, 11) is -4.37. The average Bonchev–Trinajstić information content (AvgIpc) is 3.20. The minimum Gasteiger partial charge on any atom is -0.462 e. The molecular formula is C47H90NO8P. The second kappa shape index (κ2) is 44.1. The molecule has 0 aliphatic carbocycles. The highest BCUT2D eigenvalue weighted by atomic mass is 31.2. The van der Waals surface area contributed by atoms with Gasteiger partial charge in [0.05, 0.1) is 13.2 Å². The first-order chi connectivity index (χ1) is 27.8. The third kappa shape index (κ3) is 43.9. The van der Waals surface area contributed by atoms with Gasteiger partial charge in [-0.05, 0) is 44.9 Å². The Kier molecular flexibility index (Phi) is 42.9. The van der Waals surface area contributed by atoms with Gasteiger partial charge in [0.15, 0.2) is 6.10 Å². The number of phosphoric acid groups is 1. The summed E-state index contributed by atoms with van der Waals surface area (Å²) in [4.78, 5) is 34.9. The van der Waals surface area contributed by atoms with E-state index in [1.165, 1.54) is 154 Å². The maximum Gasteiger partial charge on any atom is 0.472 e. The van der Waals surface area contributed by atoms with Crippen LogP contribution in [0.2, 0.25) is 0 Å². The van der Waals surface area contributed by atoms with Gasteiger partial charge in [0.25, 0.3) is 0 Å². The first kappa shape index (κ1) is 55.5. The van der Waals surface area contributed by atoms with E-state index in [1.54, 1.807) is 0 Å². The number of unbranched alkanes of at least 4 members (excludes halogenated alkanes) is 28. The highest BCUT2D eigenvalue weighted by molar-refractivity contribution is 7.47. The normalized spacial score (nSPS) is 13.4. The third-order valence-corrected chi connectivity index (χ3v) is 11.3. The lowest BCUT2D eigenvalue weighted by molar-refractivity contribution is -0.161. The van der Waals surface area contributed by atoms with Crippen molar-refractivity contribution in [1.29, 1.82) is 0 Å². The van der Waals surface area contributed by atoms with Crippen molar-refractivity contribution in [2.75, 3.05) is 26.4 Å². The van der Waals surface area contributed by atoms with E-state index in [0.717, 1.165) is 44.9 Å². The van der Waals surface area contributed by atoms with Crippen molar-refractivity contribution in [3.05, 3.63) is 24.3 Å². The maximum atomic E-state index is 12.6. The zero-order valence-electron chi connectivity index (χ0n) is 37.1. The summed E-state index contributed by atoms with van der Waals surface area (Å²) in [6.07, 6.45) is 47.9. The Morgan fingerprint density at radius 2 is 0.912 bits per heavy atom. The molecule has 2 atom stereocenters. The standard InChI is InChI=1S/C47H90NO8P/c1-3-5-7-9-11-13-15-16-17-18-19-20-21-22-23-24-25-26-27-28-30-32-34-36-38-40-47(50)56-45(44-55-57(51,52)54-42-41-48)43-53-46(49)39-37-35-33-31-29-14-12-10-8-6-4-2/h15-16,18-19,45H,3-14,17,20-44,48H2,1-2H3,(H,51,52)/b16-15-,19-18-. The first-order valence-corrected chi connectivity index (χ1v) is 25.3. The Balaban J connectivity index is 3.98. The van der Waals surface area contributed by atoms with E-state index in [9.17, 15) is 19.0 Å². The number of carbonyl (C=O) groups excluding carboxylic acids is 2. The summed E-state index contributed by atoms with van der Waals surface area (Å²) in [6, 6.07) is 0. The van der Waals surface area contributed by atoms with Crippen LogP contribution in [0.5, 0.6) is 0 Å². The Bertz CT molecular complexity index is 990. The summed E-state index contributed by atoms with van der Waals surface area (Å²) in [5, 5.41) is 0. The van der Waals surface area contributed by atoms with Gasteiger partial charge >= 0.3 is 19.8 Å². The summed E-state index contributed by atoms with van der Waals surface area (Å²) in [6.45, 7) is 3.74. The van der Waals surface area contributed by atoms with Gasteiger partial charge in [0, 0.05) is 19.4 Å². The molecule has 57 heavy (non-hydrogen) atoms. The number of hydrogen-bond acceptors (Lipinski definition) is 8. The molecule has 0 aromatic rings. The van der Waals surface area contributed by atoms with Gasteiger partial charge in [-0.2, -0.15) is 0 Å². The van der Waals surface area contributed by atoms with Crippen molar-refractivity contribution in [3.8, 4) is 0 Å². The number of ether oxygens (including phenoxy) is 2. The topological polar surface area (TPSA) is 134 Å². The summed E-state index contributed by atoms with van der Waals surface area (Å²) >= 11 is 0. The van der Waals surface area contributed by atoms with E-state index in [1.807, 2.05) is 0 Å². The largest absolute Gasteiger partial charge is 0.472 e. The van der Waals surface area contributed by atoms with Crippen molar-refractivity contribution < 1.29 is 37.6 Å². The minimum absolute atomic E-state index is 0.0554. The minimum atomic E-state index is -4.37. The van der Waals surface area contributed by atoms with Crippen LogP contribution in [0.15, 0.2) is 24.3 Å². The zero-order valence-corrected chi connectivity index (χ0v) is 38.0. The predicted octanol–water partition coefficient (Wildman–Crippen LogP) is 13.9. The molecule has 10 heteroatoms. The fraction of sp³-hybridized carbons (Fsp3) is 0.872. The van der Waals surface area contributed by atoms with Gasteiger partial charge in [-0.25, -0.2) is 4.57 Å². The number of nitrogens with two attached hydrogens (primary N) is 1. The Labute approximate surface area is 351 Å². The molecule has 0 rings (SSSR count). The van der Waals surface area contributed by atoms with Crippen LogP contribution in [0.25, 0.3) is 0 Å². The van der Waals surface area contributed by atoms with Crippen molar-refractivity contribution in [2.45, 2.75) is 238 Å². The van der Waals surface area contributed by atoms with E-state index in [-0.39, 0.29) is 38.6 Å². The van der Waals surface area contributed by atoms with Gasteiger partial charge in [-0.1, -0.05) is 199 Å². The molecule has 9 nitrogen and oxygen atoms in total. The number of esters is 2. The summed E-state index contributed by atoms with van der Waals surface area (Å²) < 4.78 is 32.8. The molecule has 0 radical (unpaired) electrons. The molecule has 0 heterocycles. The van der Waals surface area contributed by atoms with Crippen LogP contribution in [0.4, 0.5) is 0 Å². The van der Waals surface area contributed by atoms with Crippen molar-refractivity contribution in [2.24, 2.45) is 5.73 Å². The number of carbonyl (C=O) groups is 2. The Morgan fingerprint density at radius 1 is 0.526 bits per heavy atom. The predicted molar refractivity (Wildman–Crippen MR) is 238 cm³/mol. The molecule has 0 aliphatic heterocycles. The molecule has 0 aromatic heterocycles. The quantitative estimate of drug-likeness (QED) is 0.0266. The van der Waals surface area contributed by atoms with Gasteiger partial charge in [-0.3, -0.25) is 18.6 Å². The van der Waals surface area contributed by atoms with E-state index in [2.05, 4.69) is 38.2 Å². The molecule has 2 unspecified atom stereocenters. The first-order valence-electron chi connectivity index (χ1n) is 23.8. The van der Waals surface area contributed by atoms with E-state index in [0.29, 0.717) is 6.42 Å². The molecule has 0 aromatic carbocycles. The molecule has 0 aliphatic rings. The lowest BCUT2D eigenvalue weighted by atomic mass is 10.0. The summed E-state index contributed by atoms with van der Waals surface area (Å²) in [5.74, 6) is -0.821. The van der Waals surface area contributed by atoms with Crippen LogP contribution >= 0.6 is 7.82 Å². The van der Waals surface area contributed by atoms with Crippen LogP contribution in [-0.2, 0) is 32.7 Å². The maximum absolute atomic E-state index is 12.6. The summed E-state index contributed by atoms with van der Waals surface area (Å²) in [5.41, 5.74) is 5.35. The van der Waals surface area contributed by atoms with Crippen molar-refractivity contribution in [1.82, 2.24) is 0 Å². The molecule has 336 valence electrons. The van der Waals surface area contributed by atoms with Crippen molar-refractivity contribution in [3.63, 3.8) is 0 Å². The van der Waals surface area contributed by atoms with E-state index >= 15 is 0 Å². The second-order valence-electron chi connectivity index (χ2n) is 16.0. The fourth-order valence-electron chi connectivity index (χ4n) is 6.78. The number of allylic oxidation sites excluding steroid dienone is 4. The van der Waals surface area contributed by atoms with Crippen LogP contribution < -0.4 is 5.73 Å². The molecule has 3 N–H and O–H groups in total. The van der Waals surface area contributed by atoms with E-state index in [4.69, 9.17) is 24.3 Å². The van der Waals surface area contributed by atoms with E-state index < -0.39 is 26.5 Å². The third-order valence-electron chi connectivity index (χ3n) is 10.3. The van der Waals surface area contributed by atoms with Gasteiger partial charge < -0.3 is 20.1 Å². The van der Waals surface area contributed by atoms with Crippen molar-refractivity contribution >= 4 is 19.8 Å². The van der Waals surface area contributed by atoms with Gasteiger partial charge in [-0.15, -0.1) is 0 Å². The second-order valence-corrected chi connectivity index (χ2v) is 17.4. The number of rotatable bonds is 45. The number of phosphoric ester groups is 1. The highest BCUT2D eigenvalue weighted by Crippen LogP contribution is 2.43. The molecule has 0 saturated carbocycles. The molecule has 0 bridgehead atoms. The fourth-order valence-corrected chi connectivity index (χ4v) is 7.55. The highest BCUT2D eigenvalue weighted by Gasteiger charge is 2.26. The van der Waals surface area contributed by atoms with Crippen LogP contribution in [0.3, 0.4) is 0 Å². The van der Waals surface area contributed by atoms with Gasteiger partial charge in [0.1, 0.15) is 6.61 Å². The molecular weight excluding hydrogens is 737 g/mol. The molecule has 0 amide bonds. The molecule has 0 spiro atoms. The lowest BCUT2D eigenvalue weighted by Crippen LogP contribution is -2.29. The Hall–Kier alpha value is -1.51. The lowest BCUT2D eigenvalue weighted by Gasteiger charge is -2.19. The van der Waals surface area contributed by atoms with Crippen LogP contribution in [-0.4, -0.2) is 49.3 Å². The number of hydrogen-bond donors (Lipinski definition) is 2. The van der Waals surface area contributed by atoms with Gasteiger partial charge in [0.2, 0.25) is 0 Å². The monoisotopic (exact) mass is 828 g/mol. The molecule has 0 fully saturated rings. The molecule has 0 saturated heterocycles. The SMILES string of the molecule is CCCCCCC/C=C\C/C=C\CCCCCCCCCCCCCCCC(=O)OC(COC(=O)CCCCCCCCCCCCC)COP(=O)(O)OCCN. The Morgan fingerprint density at radius 3 is 1.33 bits per heavy atom. The zero-order chi connectivity index (χ0) is 41.8. The van der Waals surface area contributed by atoms with Crippen LogP contribution in [0.1, 0.15) is 232 Å².